The van der Waals surface area contributed by atoms with E-state index in [1.807, 2.05) is 54.8 Å². The van der Waals surface area contributed by atoms with Crippen molar-refractivity contribution in [3.8, 4) is 16.3 Å². The first-order valence-electron chi connectivity index (χ1n) is 9.11. The van der Waals surface area contributed by atoms with E-state index < -0.39 is 0 Å². The van der Waals surface area contributed by atoms with Crippen LogP contribution in [0.5, 0.6) is 5.75 Å². The molecule has 0 aliphatic heterocycles. The fraction of sp³-hybridized carbons (Fsp3) is 0.182. The Bertz CT molecular complexity index is 1160. The summed E-state index contributed by atoms with van der Waals surface area (Å²) in [5.41, 5.74) is 3.55. The molecule has 0 radical (unpaired) electrons. The molecule has 0 atom stereocenters. The molecule has 5 nitrogen and oxygen atoms in total. The van der Waals surface area contributed by atoms with Crippen LogP contribution in [0, 0.1) is 6.92 Å². The van der Waals surface area contributed by atoms with Crippen LogP contribution in [-0.4, -0.2) is 24.5 Å². The summed E-state index contributed by atoms with van der Waals surface area (Å²) in [6.07, 6.45) is 0.656. The van der Waals surface area contributed by atoms with Gasteiger partial charge in [0.1, 0.15) is 16.3 Å². The number of hydrogen-bond donors (Lipinski definition) is 1. The zero-order chi connectivity index (χ0) is 20.4. The van der Waals surface area contributed by atoms with Gasteiger partial charge in [-0.15, -0.1) is 11.3 Å². The summed E-state index contributed by atoms with van der Waals surface area (Å²) in [6, 6.07) is 13.5. The fourth-order valence-electron chi connectivity index (χ4n) is 3.08. The van der Waals surface area contributed by atoms with Crippen molar-refractivity contribution >= 4 is 44.1 Å². The lowest BCUT2D eigenvalue weighted by Gasteiger charge is -2.02. The molecule has 0 fully saturated rings. The molecule has 0 aliphatic rings. The summed E-state index contributed by atoms with van der Waals surface area (Å²) >= 11 is 5.04. The van der Waals surface area contributed by atoms with E-state index in [0.717, 1.165) is 37.4 Å². The Hall–Kier alpha value is -2.64. The standard InChI is InChI=1S/C22H19BrN2O3S/c1-13-18-11-15(23)5-8-19(18)28-20(13)21(26)24-10-9-16-12-29-22(25-16)14-3-6-17(27-2)7-4-14/h3-8,11-12H,9-10H2,1-2H3,(H,24,26). The molecule has 0 unspecified atom stereocenters. The van der Waals surface area contributed by atoms with E-state index in [2.05, 4.69) is 26.2 Å². The number of methoxy groups -OCH3 is 1. The number of aromatic nitrogens is 1. The largest absolute Gasteiger partial charge is 0.497 e. The highest BCUT2D eigenvalue weighted by molar-refractivity contribution is 9.10. The molecule has 29 heavy (non-hydrogen) atoms. The number of carbonyl (C=O) groups is 1. The van der Waals surface area contributed by atoms with Gasteiger partial charge in [0, 0.05) is 39.3 Å². The normalized spacial score (nSPS) is 11.0. The van der Waals surface area contributed by atoms with E-state index in [4.69, 9.17) is 9.15 Å². The highest BCUT2D eigenvalue weighted by atomic mass is 79.9. The van der Waals surface area contributed by atoms with Gasteiger partial charge in [0.05, 0.1) is 12.8 Å². The predicted molar refractivity (Wildman–Crippen MR) is 119 cm³/mol. The van der Waals surface area contributed by atoms with E-state index in [9.17, 15) is 4.79 Å². The average molecular weight is 471 g/mol. The fourth-order valence-corrected chi connectivity index (χ4v) is 4.30. The quantitative estimate of drug-likeness (QED) is 0.397. The van der Waals surface area contributed by atoms with Gasteiger partial charge in [-0.25, -0.2) is 4.98 Å². The Morgan fingerprint density at radius 3 is 2.79 bits per heavy atom. The van der Waals surface area contributed by atoms with Crippen LogP contribution in [0.1, 0.15) is 21.8 Å². The number of thiazole rings is 1. The minimum Gasteiger partial charge on any atom is -0.497 e. The van der Waals surface area contributed by atoms with Gasteiger partial charge in [0.25, 0.3) is 5.91 Å². The van der Waals surface area contributed by atoms with Crippen LogP contribution in [0.3, 0.4) is 0 Å². The average Bonchev–Trinajstić information content (AvgIpc) is 3.33. The van der Waals surface area contributed by atoms with Gasteiger partial charge in [-0.2, -0.15) is 0 Å². The summed E-state index contributed by atoms with van der Waals surface area (Å²) in [5, 5.41) is 6.84. The van der Waals surface area contributed by atoms with Crippen LogP contribution in [0.15, 0.2) is 56.7 Å². The maximum absolute atomic E-state index is 12.6. The number of rotatable bonds is 6. The Labute approximate surface area is 180 Å². The van der Waals surface area contributed by atoms with E-state index in [-0.39, 0.29) is 5.91 Å². The van der Waals surface area contributed by atoms with Crippen LogP contribution in [-0.2, 0) is 6.42 Å². The van der Waals surface area contributed by atoms with Gasteiger partial charge < -0.3 is 14.5 Å². The van der Waals surface area contributed by atoms with Crippen molar-refractivity contribution in [1.29, 1.82) is 0 Å². The SMILES string of the molecule is COc1ccc(-c2nc(CCNC(=O)c3oc4ccc(Br)cc4c3C)cs2)cc1. The van der Waals surface area contributed by atoms with Gasteiger partial charge >= 0.3 is 0 Å². The smallest absolute Gasteiger partial charge is 0.287 e. The van der Waals surface area contributed by atoms with Crippen molar-refractivity contribution in [3.63, 3.8) is 0 Å². The Morgan fingerprint density at radius 2 is 2.03 bits per heavy atom. The third-order valence-corrected chi connectivity index (χ3v) is 6.09. The minimum atomic E-state index is -0.208. The van der Waals surface area contributed by atoms with E-state index in [1.165, 1.54) is 0 Å². The van der Waals surface area contributed by atoms with Crippen molar-refractivity contribution in [2.24, 2.45) is 0 Å². The molecule has 0 spiro atoms. The van der Waals surface area contributed by atoms with Gasteiger partial charge in [-0.3, -0.25) is 4.79 Å². The third-order valence-electron chi connectivity index (χ3n) is 4.66. The lowest BCUT2D eigenvalue weighted by molar-refractivity contribution is 0.0927. The van der Waals surface area contributed by atoms with Gasteiger partial charge in [-0.1, -0.05) is 15.9 Å². The summed E-state index contributed by atoms with van der Waals surface area (Å²) in [4.78, 5) is 17.2. The number of fused-ring (bicyclic) bond motifs is 1. The molecule has 4 aromatic rings. The molecule has 0 bridgehead atoms. The summed E-state index contributed by atoms with van der Waals surface area (Å²) in [7, 11) is 1.65. The Morgan fingerprint density at radius 1 is 1.24 bits per heavy atom. The maximum atomic E-state index is 12.6. The van der Waals surface area contributed by atoms with Crippen LogP contribution in [0.2, 0.25) is 0 Å². The first-order chi connectivity index (χ1) is 14.0. The molecule has 0 saturated heterocycles. The van der Waals surface area contributed by atoms with Crippen LogP contribution < -0.4 is 10.1 Å². The zero-order valence-electron chi connectivity index (χ0n) is 16.0. The monoisotopic (exact) mass is 470 g/mol. The lowest BCUT2D eigenvalue weighted by atomic mass is 10.1. The van der Waals surface area contributed by atoms with Crippen LogP contribution >= 0.6 is 27.3 Å². The second kappa shape index (κ2) is 8.39. The highest BCUT2D eigenvalue weighted by Gasteiger charge is 2.17. The Kier molecular flexibility index (Phi) is 5.69. The molecule has 148 valence electrons. The first-order valence-corrected chi connectivity index (χ1v) is 10.8. The molecule has 2 aromatic heterocycles. The predicted octanol–water partition coefficient (Wildman–Crippen LogP) is 5.61. The van der Waals surface area contributed by atoms with E-state index >= 15 is 0 Å². The first kappa shape index (κ1) is 19.7. The number of carbonyl (C=O) groups excluding carboxylic acids is 1. The third kappa shape index (κ3) is 4.21. The number of nitrogens with zero attached hydrogens (tertiary/aromatic N) is 1. The molecule has 4 rings (SSSR count). The van der Waals surface area contributed by atoms with Crippen molar-refractivity contribution in [3.05, 3.63) is 69.3 Å². The van der Waals surface area contributed by atoms with E-state index in [1.54, 1.807) is 18.4 Å². The number of furan rings is 1. The van der Waals surface area contributed by atoms with Gasteiger partial charge in [0.15, 0.2) is 5.76 Å². The minimum absolute atomic E-state index is 0.208. The van der Waals surface area contributed by atoms with Gasteiger partial charge in [-0.05, 0) is 49.4 Å². The van der Waals surface area contributed by atoms with Crippen molar-refractivity contribution in [2.45, 2.75) is 13.3 Å². The summed E-state index contributed by atoms with van der Waals surface area (Å²) in [5.74, 6) is 0.970. The maximum Gasteiger partial charge on any atom is 0.287 e. The van der Waals surface area contributed by atoms with Crippen molar-refractivity contribution in [2.75, 3.05) is 13.7 Å². The van der Waals surface area contributed by atoms with Crippen LogP contribution in [0.4, 0.5) is 0 Å². The number of hydrogen-bond acceptors (Lipinski definition) is 5. The molecule has 7 heteroatoms. The van der Waals surface area contributed by atoms with E-state index in [0.29, 0.717) is 24.3 Å². The number of aryl methyl sites for hydroxylation is 1. The van der Waals surface area contributed by atoms with Crippen LogP contribution in [0.25, 0.3) is 21.5 Å². The van der Waals surface area contributed by atoms with Crippen molar-refractivity contribution < 1.29 is 13.9 Å². The summed E-state index contributed by atoms with van der Waals surface area (Å²) in [6.45, 7) is 2.39. The van der Waals surface area contributed by atoms with Gasteiger partial charge in [0.2, 0.25) is 0 Å². The molecular formula is C22H19BrN2O3S. The lowest BCUT2D eigenvalue weighted by Crippen LogP contribution is -2.25. The molecule has 2 aromatic carbocycles. The second-order valence-electron chi connectivity index (χ2n) is 6.58. The molecule has 0 aliphatic carbocycles. The molecule has 1 amide bonds. The number of halogens is 1. The van der Waals surface area contributed by atoms with Crippen molar-refractivity contribution in [1.82, 2.24) is 10.3 Å². The molecular weight excluding hydrogens is 452 g/mol. The highest BCUT2D eigenvalue weighted by Crippen LogP contribution is 2.28. The number of amides is 1. The zero-order valence-corrected chi connectivity index (χ0v) is 18.4. The Balaban J connectivity index is 1.38. The molecule has 0 saturated carbocycles. The number of nitrogens with one attached hydrogen (secondary N) is 1. The molecule has 1 N–H and O–H groups in total. The number of benzene rings is 2. The topological polar surface area (TPSA) is 64.4 Å². The molecule has 2 heterocycles. The second-order valence-corrected chi connectivity index (χ2v) is 8.35. The number of ether oxygens (including phenoxy) is 1. The summed E-state index contributed by atoms with van der Waals surface area (Å²) < 4.78 is 11.9.